The van der Waals surface area contributed by atoms with Crippen molar-refractivity contribution in [2.24, 2.45) is 11.7 Å². The molecule has 1 aliphatic carbocycles. The fraction of sp³-hybridized carbons (Fsp3) is 0.417. The first-order valence-electron chi connectivity index (χ1n) is 5.22. The minimum Gasteiger partial charge on any atom is -0.327 e. The Hall–Kier alpha value is -0.860. The summed E-state index contributed by atoms with van der Waals surface area (Å²) < 4.78 is 0. The Morgan fingerprint density at radius 1 is 1.29 bits per heavy atom. The lowest BCUT2D eigenvalue weighted by Crippen LogP contribution is -2.27. The summed E-state index contributed by atoms with van der Waals surface area (Å²) in [5.74, 6) is 2.29. The molecule has 3 rings (SSSR count). The first kappa shape index (κ1) is 8.45. The van der Waals surface area contributed by atoms with Gasteiger partial charge in [0.05, 0.1) is 0 Å². The first-order chi connectivity index (χ1) is 6.84. The average molecular weight is 187 g/mol. The van der Waals surface area contributed by atoms with Crippen molar-refractivity contribution in [3.63, 3.8) is 0 Å². The smallest absolute Gasteiger partial charge is 0.0234 e. The Morgan fingerprint density at radius 2 is 2.07 bits per heavy atom. The van der Waals surface area contributed by atoms with Gasteiger partial charge in [0.15, 0.2) is 0 Å². The van der Waals surface area contributed by atoms with Crippen LogP contribution in [0.1, 0.15) is 5.56 Å². The molecule has 14 heavy (non-hydrogen) atoms. The van der Waals surface area contributed by atoms with Gasteiger partial charge >= 0.3 is 0 Å². The van der Waals surface area contributed by atoms with E-state index in [4.69, 9.17) is 5.73 Å². The van der Waals surface area contributed by atoms with E-state index >= 15 is 0 Å². The van der Waals surface area contributed by atoms with E-state index in [-0.39, 0.29) is 0 Å². The fourth-order valence-electron chi connectivity index (χ4n) is 2.42. The summed E-state index contributed by atoms with van der Waals surface area (Å²) >= 11 is 0. The van der Waals surface area contributed by atoms with Gasteiger partial charge < -0.3 is 5.73 Å². The van der Waals surface area contributed by atoms with Gasteiger partial charge in [0, 0.05) is 31.6 Å². The number of rotatable bonds is 2. The quantitative estimate of drug-likeness (QED) is 0.749. The predicted molar refractivity (Wildman–Crippen MR) is 56.4 cm³/mol. The maximum Gasteiger partial charge on any atom is 0.0234 e. The summed E-state index contributed by atoms with van der Waals surface area (Å²) in [7, 11) is 0. The number of nitrogens with zero attached hydrogens (tertiary/aromatic N) is 1. The number of fused-ring (bicyclic) bond motifs is 1. The summed E-state index contributed by atoms with van der Waals surface area (Å²) in [6, 6.07) is 11.1. The number of likely N-dealkylation sites (tertiary alicyclic amines) is 1. The molecule has 2 heteroatoms. The van der Waals surface area contributed by atoms with Crippen LogP contribution in [0.2, 0.25) is 0 Å². The second-order valence-electron chi connectivity index (χ2n) is 4.36. The van der Waals surface area contributed by atoms with Gasteiger partial charge in [-0.2, -0.15) is 0 Å². The molecule has 1 heterocycles. The molecular weight excluding hydrogens is 172 g/mol. The van der Waals surface area contributed by atoms with Crippen molar-refractivity contribution in [1.82, 2.24) is 4.90 Å². The Labute approximate surface area is 84.7 Å². The molecule has 2 atom stereocenters. The largest absolute Gasteiger partial charge is 0.327 e. The van der Waals surface area contributed by atoms with Gasteiger partial charge in [-0.15, -0.1) is 0 Å². The van der Waals surface area contributed by atoms with E-state index in [1.54, 1.807) is 5.92 Å². The van der Waals surface area contributed by atoms with Crippen LogP contribution in [0.5, 0.6) is 0 Å². The van der Waals surface area contributed by atoms with Crippen molar-refractivity contribution in [2.45, 2.75) is 12.6 Å². The lowest BCUT2D eigenvalue weighted by atomic mass is 10.2. The molecule has 2 nitrogen and oxygen atoms in total. The monoisotopic (exact) mass is 187 g/mol. The number of hydrogen-bond donors (Lipinski definition) is 1. The topological polar surface area (TPSA) is 29.3 Å². The summed E-state index contributed by atoms with van der Waals surface area (Å²) in [6.07, 6.45) is 0. The Balaban J connectivity index is 1.60. The fourth-order valence-corrected chi connectivity index (χ4v) is 2.42. The number of hydrogen-bond acceptors (Lipinski definition) is 2. The number of piperidine rings is 1. The summed E-state index contributed by atoms with van der Waals surface area (Å²) in [5, 5.41) is 0. The van der Waals surface area contributed by atoms with E-state index < -0.39 is 0 Å². The molecule has 2 unspecified atom stereocenters. The van der Waals surface area contributed by atoms with Crippen molar-refractivity contribution in [3.8, 4) is 0 Å². The van der Waals surface area contributed by atoms with Crippen molar-refractivity contribution < 1.29 is 0 Å². The van der Waals surface area contributed by atoms with Gasteiger partial charge in [-0.25, -0.2) is 0 Å². The molecule has 0 aromatic heterocycles. The summed E-state index contributed by atoms with van der Waals surface area (Å²) in [4.78, 5) is 2.48. The molecule has 1 saturated heterocycles. The third kappa shape index (κ3) is 1.35. The second kappa shape index (κ2) is 3.07. The molecule has 1 aromatic rings. The van der Waals surface area contributed by atoms with E-state index in [0.29, 0.717) is 6.04 Å². The highest BCUT2D eigenvalue weighted by Crippen LogP contribution is 2.46. The van der Waals surface area contributed by atoms with Crippen LogP contribution in [0.25, 0.3) is 0 Å². The third-order valence-corrected chi connectivity index (χ3v) is 3.34. The minimum atomic E-state index is 0.432. The molecular formula is C12H15N2. The summed E-state index contributed by atoms with van der Waals surface area (Å²) in [5.41, 5.74) is 7.27. The average Bonchev–Trinajstić information content (AvgIpc) is 2.65. The van der Waals surface area contributed by atoms with E-state index in [0.717, 1.165) is 19.0 Å². The standard InChI is InChI=1S/C12H15N2/c13-12-10-7-14(8-11(10)12)6-9-4-2-1-3-5-9/h1-5,10,12H,6-8,13H2. The predicted octanol–water partition coefficient (Wildman–Crippen LogP) is 1.03. The Bertz CT molecular complexity index is 310. The van der Waals surface area contributed by atoms with Gasteiger partial charge in [-0.1, -0.05) is 30.3 Å². The highest BCUT2D eigenvalue weighted by atomic mass is 15.2. The van der Waals surface area contributed by atoms with Crippen molar-refractivity contribution in [2.75, 3.05) is 13.1 Å². The van der Waals surface area contributed by atoms with Crippen LogP contribution in [0.4, 0.5) is 0 Å². The molecule has 0 bridgehead atoms. The molecule has 2 fully saturated rings. The van der Waals surface area contributed by atoms with Crippen LogP contribution in [0.15, 0.2) is 30.3 Å². The van der Waals surface area contributed by atoms with E-state index in [1.165, 1.54) is 12.1 Å². The normalized spacial score (nSPS) is 31.8. The SMILES string of the molecule is NC1[C]2CN(Cc3ccccc3)CC21. The molecule has 2 N–H and O–H groups in total. The maximum atomic E-state index is 5.86. The van der Waals surface area contributed by atoms with Crippen LogP contribution < -0.4 is 5.73 Å². The molecule has 2 aliphatic rings. The van der Waals surface area contributed by atoms with Gasteiger partial charge in [0.25, 0.3) is 0 Å². The van der Waals surface area contributed by atoms with Crippen molar-refractivity contribution in [3.05, 3.63) is 41.8 Å². The highest BCUT2D eigenvalue weighted by Gasteiger charge is 2.53. The van der Waals surface area contributed by atoms with Crippen LogP contribution in [0, 0.1) is 11.8 Å². The van der Waals surface area contributed by atoms with Crippen molar-refractivity contribution >= 4 is 0 Å². The third-order valence-electron chi connectivity index (χ3n) is 3.34. The molecule has 1 aliphatic heterocycles. The second-order valence-corrected chi connectivity index (χ2v) is 4.36. The molecule has 73 valence electrons. The Morgan fingerprint density at radius 3 is 2.71 bits per heavy atom. The van der Waals surface area contributed by atoms with Gasteiger partial charge in [-0.05, 0) is 11.5 Å². The summed E-state index contributed by atoms with van der Waals surface area (Å²) in [6.45, 7) is 3.37. The van der Waals surface area contributed by atoms with E-state index in [2.05, 4.69) is 35.2 Å². The van der Waals surface area contributed by atoms with Crippen LogP contribution in [0.3, 0.4) is 0 Å². The molecule has 1 aromatic carbocycles. The lowest BCUT2D eigenvalue weighted by molar-refractivity contribution is 0.303. The van der Waals surface area contributed by atoms with E-state index in [1.807, 2.05) is 0 Å². The molecule has 0 amide bonds. The van der Waals surface area contributed by atoms with Gasteiger partial charge in [-0.3, -0.25) is 4.90 Å². The van der Waals surface area contributed by atoms with Gasteiger partial charge in [0.1, 0.15) is 0 Å². The van der Waals surface area contributed by atoms with Crippen LogP contribution >= 0.6 is 0 Å². The first-order valence-corrected chi connectivity index (χ1v) is 5.22. The zero-order valence-electron chi connectivity index (χ0n) is 8.19. The number of benzene rings is 1. The van der Waals surface area contributed by atoms with E-state index in [9.17, 15) is 0 Å². The zero-order chi connectivity index (χ0) is 9.54. The van der Waals surface area contributed by atoms with Crippen LogP contribution in [-0.4, -0.2) is 24.0 Å². The molecule has 0 spiro atoms. The zero-order valence-corrected chi connectivity index (χ0v) is 8.19. The maximum absolute atomic E-state index is 5.86. The van der Waals surface area contributed by atoms with Crippen LogP contribution in [-0.2, 0) is 6.54 Å². The number of nitrogens with two attached hydrogens (primary N) is 1. The molecule has 1 saturated carbocycles. The van der Waals surface area contributed by atoms with Crippen molar-refractivity contribution in [1.29, 1.82) is 0 Å². The Kier molecular flexibility index (Phi) is 1.85. The minimum absolute atomic E-state index is 0.432. The highest BCUT2D eigenvalue weighted by molar-refractivity contribution is 5.32. The molecule has 1 radical (unpaired) electrons. The lowest BCUT2D eigenvalue weighted by Gasteiger charge is -2.18. The van der Waals surface area contributed by atoms with Gasteiger partial charge in [0.2, 0.25) is 0 Å².